The van der Waals surface area contributed by atoms with Gasteiger partial charge in [0.1, 0.15) is 5.82 Å². The molecule has 0 aliphatic carbocycles. The molecule has 0 atom stereocenters. The number of nitrogens with one attached hydrogen (secondary N) is 3. The van der Waals surface area contributed by atoms with Crippen molar-refractivity contribution >= 4 is 6.21 Å². The molecule has 0 aromatic carbocycles. The maximum atomic E-state index is 4.17. The number of rotatable bonds is 0. The molecule has 0 spiro atoms. The molecular weight excluding hydrogens is 128 g/mol. The molecule has 2 rings (SSSR count). The van der Waals surface area contributed by atoms with E-state index < -0.39 is 0 Å². The van der Waals surface area contributed by atoms with Crippen LogP contribution in [-0.4, -0.2) is 25.8 Å². The minimum atomic E-state index is 0.827. The van der Waals surface area contributed by atoms with Crippen LogP contribution in [0.2, 0.25) is 0 Å². The highest BCUT2D eigenvalue weighted by Crippen LogP contribution is 2.01. The van der Waals surface area contributed by atoms with Crippen LogP contribution in [0.5, 0.6) is 0 Å². The first-order valence-corrected chi connectivity index (χ1v) is 3.45. The number of aliphatic imine (C=N–C) groups is 1. The minimum Gasteiger partial charge on any atom is -0.367 e. The van der Waals surface area contributed by atoms with Crippen LogP contribution in [0.25, 0.3) is 0 Å². The molecule has 54 valence electrons. The molecule has 0 saturated carbocycles. The van der Waals surface area contributed by atoms with Crippen LogP contribution in [0.15, 0.2) is 16.6 Å². The number of nitrogens with zero attached hydrogens (tertiary/aromatic N) is 1. The average Bonchev–Trinajstić information content (AvgIpc) is 2.05. The van der Waals surface area contributed by atoms with Gasteiger partial charge in [-0.25, -0.2) is 4.99 Å². The molecule has 4 nitrogen and oxygen atoms in total. The van der Waals surface area contributed by atoms with Crippen molar-refractivity contribution in [3.05, 3.63) is 11.6 Å². The molecule has 0 bridgehead atoms. The normalized spacial score (nSPS) is 22.4. The highest BCUT2D eigenvalue weighted by atomic mass is 15.2. The molecule has 10 heavy (non-hydrogen) atoms. The van der Waals surface area contributed by atoms with Gasteiger partial charge in [0, 0.05) is 19.3 Å². The molecule has 2 heterocycles. The second kappa shape index (κ2) is 2.21. The van der Waals surface area contributed by atoms with Gasteiger partial charge in [-0.1, -0.05) is 0 Å². The molecule has 0 saturated heterocycles. The van der Waals surface area contributed by atoms with E-state index in [1.807, 2.05) is 6.21 Å². The van der Waals surface area contributed by atoms with Crippen LogP contribution in [0.1, 0.15) is 0 Å². The Morgan fingerprint density at radius 1 is 1.20 bits per heavy atom. The van der Waals surface area contributed by atoms with E-state index in [0.29, 0.717) is 0 Å². The van der Waals surface area contributed by atoms with Crippen molar-refractivity contribution in [3.8, 4) is 0 Å². The first-order valence-electron chi connectivity index (χ1n) is 3.45. The summed E-state index contributed by atoms with van der Waals surface area (Å²) >= 11 is 0. The zero-order valence-corrected chi connectivity index (χ0v) is 5.65. The van der Waals surface area contributed by atoms with Gasteiger partial charge >= 0.3 is 0 Å². The van der Waals surface area contributed by atoms with Crippen molar-refractivity contribution in [2.75, 3.05) is 19.6 Å². The van der Waals surface area contributed by atoms with Gasteiger partial charge in [-0.05, 0) is 0 Å². The van der Waals surface area contributed by atoms with Crippen LogP contribution in [0, 0.1) is 0 Å². The van der Waals surface area contributed by atoms with Crippen LogP contribution >= 0.6 is 0 Å². The average molecular weight is 138 g/mol. The van der Waals surface area contributed by atoms with Gasteiger partial charge < -0.3 is 16.0 Å². The lowest BCUT2D eigenvalue weighted by atomic mass is 10.4. The Bertz CT molecular complexity index is 194. The summed E-state index contributed by atoms with van der Waals surface area (Å²) in [4.78, 5) is 4.17. The highest BCUT2D eigenvalue weighted by molar-refractivity contribution is 5.63. The van der Waals surface area contributed by atoms with Gasteiger partial charge in [0.15, 0.2) is 5.82 Å². The summed E-state index contributed by atoms with van der Waals surface area (Å²) in [5.74, 6) is 1.98. The predicted octanol–water partition coefficient (Wildman–Crippen LogP) is -1.02. The Hall–Kier alpha value is -1.19. The summed E-state index contributed by atoms with van der Waals surface area (Å²) in [7, 11) is 0. The Labute approximate surface area is 59.4 Å². The third-order valence-electron chi connectivity index (χ3n) is 1.55. The smallest absolute Gasteiger partial charge is 0.166 e. The predicted molar refractivity (Wildman–Crippen MR) is 39.5 cm³/mol. The van der Waals surface area contributed by atoms with E-state index in [1.165, 1.54) is 0 Å². The largest absolute Gasteiger partial charge is 0.367 e. The molecular formula is C6H10N4. The highest BCUT2D eigenvalue weighted by Gasteiger charge is 2.11. The molecule has 0 aromatic rings. The van der Waals surface area contributed by atoms with Crippen molar-refractivity contribution in [2.45, 2.75) is 0 Å². The SMILES string of the molecule is C1=NC2=C(NC1)NCCN2. The summed E-state index contributed by atoms with van der Waals surface area (Å²) in [5, 5.41) is 9.57. The third kappa shape index (κ3) is 0.814. The Morgan fingerprint density at radius 2 is 2.10 bits per heavy atom. The third-order valence-corrected chi connectivity index (χ3v) is 1.55. The van der Waals surface area contributed by atoms with Crippen molar-refractivity contribution in [2.24, 2.45) is 4.99 Å². The van der Waals surface area contributed by atoms with Gasteiger partial charge in [-0.15, -0.1) is 0 Å². The van der Waals surface area contributed by atoms with Gasteiger partial charge in [0.25, 0.3) is 0 Å². The van der Waals surface area contributed by atoms with E-state index in [0.717, 1.165) is 31.3 Å². The summed E-state index contributed by atoms with van der Waals surface area (Å²) in [6.45, 7) is 2.76. The maximum Gasteiger partial charge on any atom is 0.166 e. The van der Waals surface area contributed by atoms with Crippen molar-refractivity contribution in [1.82, 2.24) is 16.0 Å². The minimum absolute atomic E-state index is 0.827. The van der Waals surface area contributed by atoms with Crippen LogP contribution in [0.3, 0.4) is 0 Å². The Balaban J connectivity index is 2.23. The molecule has 0 fully saturated rings. The fraction of sp³-hybridized carbons (Fsp3) is 0.500. The maximum absolute atomic E-state index is 4.17. The molecule has 2 aliphatic rings. The lowest BCUT2D eigenvalue weighted by Gasteiger charge is -2.23. The summed E-state index contributed by atoms with van der Waals surface area (Å²) in [5.41, 5.74) is 0. The Morgan fingerprint density at radius 3 is 3.00 bits per heavy atom. The molecule has 0 unspecified atom stereocenters. The molecule has 2 aliphatic heterocycles. The van der Waals surface area contributed by atoms with E-state index >= 15 is 0 Å². The fourth-order valence-electron chi connectivity index (χ4n) is 1.08. The molecule has 4 heteroatoms. The van der Waals surface area contributed by atoms with Crippen LogP contribution in [0.4, 0.5) is 0 Å². The lowest BCUT2D eigenvalue weighted by Crippen LogP contribution is -2.42. The fourth-order valence-corrected chi connectivity index (χ4v) is 1.08. The first kappa shape index (κ1) is 5.58. The quantitative estimate of drug-likeness (QED) is 0.401. The second-order valence-corrected chi connectivity index (χ2v) is 2.27. The van der Waals surface area contributed by atoms with E-state index in [2.05, 4.69) is 20.9 Å². The van der Waals surface area contributed by atoms with Gasteiger partial charge in [0.2, 0.25) is 0 Å². The molecule has 0 aromatic heterocycles. The van der Waals surface area contributed by atoms with E-state index in [-0.39, 0.29) is 0 Å². The van der Waals surface area contributed by atoms with Crippen molar-refractivity contribution < 1.29 is 0 Å². The van der Waals surface area contributed by atoms with E-state index in [4.69, 9.17) is 0 Å². The monoisotopic (exact) mass is 138 g/mol. The van der Waals surface area contributed by atoms with E-state index in [1.54, 1.807) is 0 Å². The van der Waals surface area contributed by atoms with Crippen molar-refractivity contribution in [3.63, 3.8) is 0 Å². The zero-order chi connectivity index (χ0) is 6.81. The van der Waals surface area contributed by atoms with Crippen molar-refractivity contribution in [1.29, 1.82) is 0 Å². The number of hydrogen-bond acceptors (Lipinski definition) is 4. The second-order valence-electron chi connectivity index (χ2n) is 2.27. The summed E-state index contributed by atoms with van der Waals surface area (Å²) < 4.78 is 0. The molecule has 0 radical (unpaired) electrons. The standard InChI is InChI=1S/C6H10N4/c1-2-8-6-5(7-1)9-3-4-10-6/h1,8-10H,2-4H2. The summed E-state index contributed by atoms with van der Waals surface area (Å²) in [6, 6.07) is 0. The van der Waals surface area contributed by atoms with Crippen LogP contribution < -0.4 is 16.0 Å². The van der Waals surface area contributed by atoms with E-state index in [9.17, 15) is 0 Å². The zero-order valence-electron chi connectivity index (χ0n) is 5.65. The van der Waals surface area contributed by atoms with Crippen LogP contribution in [-0.2, 0) is 0 Å². The Kier molecular flexibility index (Phi) is 1.23. The molecule has 0 amide bonds. The topological polar surface area (TPSA) is 48.5 Å². The van der Waals surface area contributed by atoms with Gasteiger partial charge in [-0.2, -0.15) is 0 Å². The van der Waals surface area contributed by atoms with Gasteiger partial charge in [0.05, 0.1) is 6.54 Å². The lowest BCUT2D eigenvalue weighted by molar-refractivity contribution is 0.593. The molecule has 3 N–H and O–H groups in total. The number of hydrogen-bond donors (Lipinski definition) is 3. The summed E-state index contributed by atoms with van der Waals surface area (Å²) in [6.07, 6.45) is 1.86. The first-order chi connectivity index (χ1) is 4.97. The van der Waals surface area contributed by atoms with Gasteiger partial charge in [-0.3, -0.25) is 0 Å².